The van der Waals surface area contributed by atoms with Crippen LogP contribution in [0.4, 0.5) is 0 Å². The summed E-state index contributed by atoms with van der Waals surface area (Å²) < 4.78 is 6.87. The summed E-state index contributed by atoms with van der Waals surface area (Å²) in [7, 11) is 1.49. The third-order valence-corrected chi connectivity index (χ3v) is 4.84. The number of rotatable bonds is 5. The molecule has 1 saturated heterocycles. The normalized spacial score (nSPS) is 20.2. The van der Waals surface area contributed by atoms with E-state index < -0.39 is 11.4 Å². The van der Waals surface area contributed by atoms with Crippen LogP contribution in [-0.4, -0.2) is 58.5 Å². The number of amides is 1. The van der Waals surface area contributed by atoms with E-state index >= 15 is 0 Å². The summed E-state index contributed by atoms with van der Waals surface area (Å²) in [4.78, 5) is 26.2. The summed E-state index contributed by atoms with van der Waals surface area (Å²) >= 11 is 0. The highest BCUT2D eigenvalue weighted by Crippen LogP contribution is 2.31. The quantitative estimate of drug-likeness (QED) is 0.886. The third kappa shape index (κ3) is 3.48. The topological polar surface area (TPSA) is 84.7 Å². The zero-order chi connectivity index (χ0) is 18.7. The molecule has 1 aromatic carbocycles. The first-order chi connectivity index (χ1) is 12.4. The van der Waals surface area contributed by atoms with E-state index in [9.17, 15) is 14.7 Å². The van der Waals surface area contributed by atoms with Crippen LogP contribution in [0.25, 0.3) is 5.69 Å². The first-order valence-corrected chi connectivity index (χ1v) is 8.59. The Hall–Kier alpha value is -2.67. The van der Waals surface area contributed by atoms with Crippen molar-refractivity contribution in [3.8, 4) is 5.69 Å². The molecule has 3 rings (SSSR count). The van der Waals surface area contributed by atoms with E-state index in [0.717, 1.165) is 11.4 Å². The third-order valence-electron chi connectivity index (χ3n) is 4.84. The molecule has 1 N–H and O–H groups in total. The number of hydrogen-bond donors (Lipinski definition) is 1. The maximum Gasteiger partial charge on any atom is 0.313 e. The Morgan fingerprint density at radius 1 is 1.27 bits per heavy atom. The van der Waals surface area contributed by atoms with Gasteiger partial charge in [-0.2, -0.15) is 5.10 Å². The highest BCUT2D eigenvalue weighted by Gasteiger charge is 2.43. The van der Waals surface area contributed by atoms with E-state index in [4.69, 9.17) is 4.74 Å². The van der Waals surface area contributed by atoms with Gasteiger partial charge in [0.25, 0.3) is 5.91 Å². The number of likely N-dealkylation sites (tertiary alicyclic amines) is 1. The molecule has 2 heterocycles. The lowest BCUT2D eigenvalue weighted by molar-refractivity contribution is -0.155. The summed E-state index contributed by atoms with van der Waals surface area (Å²) in [5, 5.41) is 14.0. The van der Waals surface area contributed by atoms with Crippen molar-refractivity contribution in [2.45, 2.75) is 19.8 Å². The highest BCUT2D eigenvalue weighted by molar-refractivity contribution is 5.95. The van der Waals surface area contributed by atoms with Crippen molar-refractivity contribution in [3.63, 3.8) is 0 Å². The van der Waals surface area contributed by atoms with Crippen molar-refractivity contribution in [2.24, 2.45) is 5.41 Å². The van der Waals surface area contributed by atoms with Crippen LogP contribution in [0.15, 0.2) is 36.5 Å². The van der Waals surface area contributed by atoms with Crippen LogP contribution in [0.5, 0.6) is 0 Å². The first-order valence-electron chi connectivity index (χ1n) is 8.59. The molecule has 0 saturated carbocycles. The Balaban J connectivity index is 1.77. The van der Waals surface area contributed by atoms with E-state index in [0.29, 0.717) is 24.9 Å². The van der Waals surface area contributed by atoms with E-state index in [2.05, 4.69) is 5.10 Å². The molecule has 0 radical (unpaired) electrons. The molecule has 1 unspecified atom stereocenters. The van der Waals surface area contributed by atoms with Crippen molar-refractivity contribution >= 4 is 11.9 Å². The van der Waals surface area contributed by atoms with Gasteiger partial charge in [-0.05, 0) is 50.1 Å². The first kappa shape index (κ1) is 18.1. The van der Waals surface area contributed by atoms with E-state index in [1.54, 1.807) is 21.7 Å². The minimum Gasteiger partial charge on any atom is -0.481 e. The predicted octanol–water partition coefficient (Wildman–Crippen LogP) is 2.13. The van der Waals surface area contributed by atoms with Crippen LogP contribution in [0.3, 0.4) is 0 Å². The predicted molar refractivity (Wildman–Crippen MR) is 95.4 cm³/mol. The molecule has 7 heteroatoms. The Morgan fingerprint density at radius 2 is 2.00 bits per heavy atom. The Morgan fingerprint density at radius 3 is 2.58 bits per heavy atom. The number of carboxylic acid groups (broad SMARTS) is 1. The molecule has 1 fully saturated rings. The number of carbonyl (C=O) groups is 2. The molecule has 1 aromatic heterocycles. The van der Waals surface area contributed by atoms with Gasteiger partial charge in [0.1, 0.15) is 5.41 Å². The fourth-order valence-electron chi connectivity index (χ4n) is 3.43. The summed E-state index contributed by atoms with van der Waals surface area (Å²) in [5.41, 5.74) is 1.29. The van der Waals surface area contributed by atoms with Crippen LogP contribution in [0.1, 0.15) is 28.9 Å². The Bertz CT molecular complexity index is 795. The second-order valence-electron chi connectivity index (χ2n) is 6.80. The average Bonchev–Trinajstić information content (AvgIpc) is 3.08. The van der Waals surface area contributed by atoms with Crippen molar-refractivity contribution in [3.05, 3.63) is 47.8 Å². The van der Waals surface area contributed by atoms with Crippen LogP contribution in [0, 0.1) is 12.3 Å². The second kappa shape index (κ2) is 7.29. The monoisotopic (exact) mass is 357 g/mol. The summed E-state index contributed by atoms with van der Waals surface area (Å²) in [6, 6.07) is 9.09. The van der Waals surface area contributed by atoms with E-state index in [-0.39, 0.29) is 19.1 Å². The van der Waals surface area contributed by atoms with Crippen LogP contribution < -0.4 is 0 Å². The van der Waals surface area contributed by atoms with E-state index in [1.165, 1.54) is 7.11 Å². The summed E-state index contributed by atoms with van der Waals surface area (Å²) in [6.07, 6.45) is 3.02. The number of aromatic nitrogens is 2. The van der Waals surface area contributed by atoms with Crippen LogP contribution in [-0.2, 0) is 9.53 Å². The van der Waals surface area contributed by atoms with Crippen molar-refractivity contribution in [1.29, 1.82) is 0 Å². The highest BCUT2D eigenvalue weighted by atomic mass is 16.5. The fourth-order valence-corrected chi connectivity index (χ4v) is 3.43. The minimum absolute atomic E-state index is 0.101. The molecule has 1 aliphatic rings. The Labute approximate surface area is 152 Å². The number of hydrogen-bond acceptors (Lipinski definition) is 4. The zero-order valence-corrected chi connectivity index (χ0v) is 15.0. The number of carboxylic acids is 1. The summed E-state index contributed by atoms with van der Waals surface area (Å²) in [5.74, 6) is -1.07. The van der Waals surface area contributed by atoms with Crippen molar-refractivity contribution < 1.29 is 19.4 Å². The maximum absolute atomic E-state index is 12.8. The molecule has 1 atom stereocenters. The Kier molecular flexibility index (Phi) is 5.08. The molecule has 1 amide bonds. The molecule has 7 nitrogen and oxygen atoms in total. The number of aliphatic carboxylic acids is 1. The van der Waals surface area contributed by atoms with Gasteiger partial charge in [-0.3, -0.25) is 9.59 Å². The van der Waals surface area contributed by atoms with Crippen molar-refractivity contribution in [2.75, 3.05) is 26.8 Å². The molecule has 138 valence electrons. The van der Waals surface area contributed by atoms with Gasteiger partial charge in [0, 0.05) is 32.0 Å². The van der Waals surface area contributed by atoms with Gasteiger partial charge in [0.05, 0.1) is 18.0 Å². The number of piperidine rings is 1. The molecular formula is C19H23N3O4. The number of benzene rings is 1. The van der Waals surface area contributed by atoms with Gasteiger partial charge >= 0.3 is 5.97 Å². The average molecular weight is 357 g/mol. The van der Waals surface area contributed by atoms with Gasteiger partial charge in [0.15, 0.2) is 0 Å². The number of ether oxygens (including phenoxy) is 1. The lowest BCUT2D eigenvalue weighted by Crippen LogP contribution is -2.52. The largest absolute Gasteiger partial charge is 0.481 e. The number of methoxy groups -OCH3 is 1. The number of carbonyl (C=O) groups excluding carboxylic acids is 1. The van der Waals surface area contributed by atoms with E-state index in [1.807, 2.05) is 31.3 Å². The molecule has 0 spiro atoms. The molecule has 0 aliphatic carbocycles. The van der Waals surface area contributed by atoms with Gasteiger partial charge in [-0.25, -0.2) is 4.68 Å². The SMILES string of the molecule is COCC1(C(=O)O)CCCN(C(=O)c2ccc(-n3ccc(C)n3)cc2)C1. The maximum atomic E-state index is 12.8. The van der Waals surface area contributed by atoms with Gasteiger partial charge < -0.3 is 14.7 Å². The smallest absolute Gasteiger partial charge is 0.313 e. The molecule has 1 aliphatic heterocycles. The molecule has 2 aromatic rings. The lowest BCUT2D eigenvalue weighted by atomic mass is 9.80. The zero-order valence-electron chi connectivity index (χ0n) is 15.0. The number of aryl methyl sites for hydroxylation is 1. The lowest BCUT2D eigenvalue weighted by Gasteiger charge is -2.39. The fraction of sp³-hybridized carbons (Fsp3) is 0.421. The van der Waals surface area contributed by atoms with Gasteiger partial charge in [0.2, 0.25) is 0 Å². The van der Waals surface area contributed by atoms with Crippen LogP contribution in [0.2, 0.25) is 0 Å². The molecular weight excluding hydrogens is 334 g/mol. The second-order valence-corrected chi connectivity index (χ2v) is 6.80. The molecule has 26 heavy (non-hydrogen) atoms. The van der Waals surface area contributed by atoms with Crippen molar-refractivity contribution in [1.82, 2.24) is 14.7 Å². The van der Waals surface area contributed by atoms with Crippen LogP contribution >= 0.6 is 0 Å². The molecule has 0 bridgehead atoms. The standard InChI is InChI=1S/C19H23N3O4/c1-14-8-11-22(20-14)16-6-4-15(5-7-16)17(23)21-10-3-9-19(12-21,13-26-2)18(24)25/h4-8,11H,3,9-10,12-13H2,1-2H3,(H,24,25). The minimum atomic E-state index is -1.03. The summed E-state index contributed by atoms with van der Waals surface area (Å²) in [6.45, 7) is 2.73. The van der Waals surface area contributed by atoms with Gasteiger partial charge in [-0.1, -0.05) is 0 Å². The van der Waals surface area contributed by atoms with Gasteiger partial charge in [-0.15, -0.1) is 0 Å². The number of nitrogens with zero attached hydrogens (tertiary/aromatic N) is 3.